The van der Waals surface area contributed by atoms with Crippen molar-refractivity contribution in [2.45, 2.75) is 38.9 Å². The van der Waals surface area contributed by atoms with Gasteiger partial charge in [0.05, 0.1) is 29.5 Å². The normalized spacial score (nSPS) is 23.5. The number of rotatable bonds is 5. The van der Waals surface area contributed by atoms with Crippen LogP contribution in [0, 0.1) is 16.7 Å². The third-order valence-electron chi connectivity index (χ3n) is 8.25. The summed E-state index contributed by atoms with van der Waals surface area (Å²) in [6, 6.07) is 4.99. The molecular weight excluding hydrogens is 517 g/mol. The van der Waals surface area contributed by atoms with E-state index < -0.39 is 11.7 Å². The minimum atomic E-state index is -4.38. The second kappa shape index (κ2) is 8.62. The van der Waals surface area contributed by atoms with Crippen LogP contribution >= 0.6 is 11.3 Å². The molecular formula is C26H27F3N6O2S. The summed E-state index contributed by atoms with van der Waals surface area (Å²) in [5, 5.41) is 8.64. The summed E-state index contributed by atoms with van der Waals surface area (Å²) in [7, 11) is 0. The van der Waals surface area contributed by atoms with Gasteiger partial charge in [-0.05, 0) is 29.5 Å². The fraction of sp³-hybridized carbons (Fsp3) is 0.500. The monoisotopic (exact) mass is 544 g/mol. The zero-order valence-electron chi connectivity index (χ0n) is 21.0. The highest BCUT2D eigenvalue weighted by Crippen LogP contribution is 2.55. The highest BCUT2D eigenvalue weighted by atomic mass is 32.1. The van der Waals surface area contributed by atoms with Crippen LogP contribution in [0.4, 0.5) is 13.2 Å². The van der Waals surface area contributed by atoms with Gasteiger partial charge in [0, 0.05) is 49.6 Å². The van der Waals surface area contributed by atoms with E-state index in [0.29, 0.717) is 36.6 Å². The SMILES string of the molecule is CC1(C)C[C@@H]1C(=O)N1CC2(CN(C(=O)c3cncs3)CC2c2cn(Cc3ccc(C(F)(F)F)cc3)nn2)C1. The topological polar surface area (TPSA) is 84.2 Å². The number of thiazole rings is 1. The Morgan fingerprint density at radius 1 is 1.11 bits per heavy atom. The number of carbonyl (C=O) groups is 2. The second-order valence-corrected chi connectivity index (χ2v) is 12.3. The first kappa shape index (κ1) is 25.0. The fourth-order valence-electron chi connectivity index (χ4n) is 5.84. The molecule has 1 aromatic carbocycles. The van der Waals surface area contributed by atoms with Crippen LogP contribution in [0.2, 0.25) is 0 Å². The molecule has 3 aromatic rings. The van der Waals surface area contributed by atoms with Gasteiger partial charge in [0.25, 0.3) is 5.91 Å². The maximum Gasteiger partial charge on any atom is 0.416 e. The number of likely N-dealkylation sites (tertiary alicyclic amines) is 2. The molecule has 1 aliphatic carbocycles. The number of hydrogen-bond donors (Lipinski definition) is 0. The molecule has 1 unspecified atom stereocenters. The van der Waals surface area contributed by atoms with Gasteiger partial charge < -0.3 is 9.80 Å². The molecule has 12 heteroatoms. The van der Waals surface area contributed by atoms with Crippen LogP contribution < -0.4 is 0 Å². The smallest absolute Gasteiger partial charge is 0.341 e. The molecule has 2 saturated heterocycles. The number of halogens is 3. The lowest BCUT2D eigenvalue weighted by atomic mass is 9.70. The van der Waals surface area contributed by atoms with Gasteiger partial charge in [0.15, 0.2) is 0 Å². The molecule has 38 heavy (non-hydrogen) atoms. The molecule has 200 valence electrons. The number of amides is 2. The third kappa shape index (κ3) is 4.38. The molecule has 0 radical (unpaired) electrons. The van der Waals surface area contributed by atoms with E-state index in [1.807, 2.05) is 9.80 Å². The average molecular weight is 545 g/mol. The molecule has 8 nitrogen and oxygen atoms in total. The van der Waals surface area contributed by atoms with Crippen molar-refractivity contribution in [2.75, 3.05) is 26.2 Å². The number of carbonyl (C=O) groups excluding carboxylic acids is 2. The van der Waals surface area contributed by atoms with Crippen molar-refractivity contribution in [3.8, 4) is 0 Å². The van der Waals surface area contributed by atoms with Crippen molar-refractivity contribution in [3.05, 3.63) is 63.9 Å². The van der Waals surface area contributed by atoms with E-state index in [2.05, 4.69) is 29.1 Å². The minimum absolute atomic E-state index is 0.0457. The Morgan fingerprint density at radius 2 is 1.79 bits per heavy atom. The maximum atomic E-state index is 13.2. The van der Waals surface area contributed by atoms with E-state index in [9.17, 15) is 22.8 Å². The molecule has 0 bridgehead atoms. The zero-order valence-corrected chi connectivity index (χ0v) is 21.8. The Bertz CT molecular complexity index is 1360. The highest BCUT2D eigenvalue weighted by molar-refractivity contribution is 7.11. The van der Waals surface area contributed by atoms with Crippen molar-refractivity contribution in [1.82, 2.24) is 29.8 Å². The van der Waals surface area contributed by atoms with Gasteiger partial charge in [0.2, 0.25) is 5.91 Å². The van der Waals surface area contributed by atoms with E-state index in [0.717, 1.165) is 24.2 Å². The Labute approximate surface area is 221 Å². The van der Waals surface area contributed by atoms with Crippen molar-refractivity contribution >= 4 is 23.2 Å². The van der Waals surface area contributed by atoms with Crippen molar-refractivity contribution in [2.24, 2.45) is 16.7 Å². The van der Waals surface area contributed by atoms with Crippen LogP contribution in [-0.4, -0.2) is 67.8 Å². The van der Waals surface area contributed by atoms with E-state index in [1.54, 1.807) is 22.6 Å². The molecule has 0 N–H and O–H groups in total. The molecule has 6 rings (SSSR count). The predicted molar refractivity (Wildman–Crippen MR) is 132 cm³/mol. The third-order valence-corrected chi connectivity index (χ3v) is 9.01. The predicted octanol–water partition coefficient (Wildman–Crippen LogP) is 3.92. The summed E-state index contributed by atoms with van der Waals surface area (Å²) in [4.78, 5) is 34.5. The molecule has 3 aliphatic rings. The van der Waals surface area contributed by atoms with Gasteiger partial charge in [-0.1, -0.05) is 31.2 Å². The van der Waals surface area contributed by atoms with E-state index >= 15 is 0 Å². The maximum absolute atomic E-state index is 13.2. The Kier molecular flexibility index (Phi) is 5.68. The summed E-state index contributed by atoms with van der Waals surface area (Å²) in [5.41, 5.74) is 2.05. The second-order valence-electron chi connectivity index (χ2n) is 11.4. The Hall–Kier alpha value is -3.28. The van der Waals surface area contributed by atoms with Crippen LogP contribution in [0.3, 0.4) is 0 Å². The summed E-state index contributed by atoms with van der Waals surface area (Å²) >= 11 is 1.30. The first-order valence-corrected chi connectivity index (χ1v) is 13.4. The van der Waals surface area contributed by atoms with Gasteiger partial charge >= 0.3 is 6.18 Å². The van der Waals surface area contributed by atoms with E-state index in [1.165, 1.54) is 23.5 Å². The summed E-state index contributed by atoms with van der Waals surface area (Å²) < 4.78 is 40.3. The Morgan fingerprint density at radius 3 is 2.39 bits per heavy atom. The summed E-state index contributed by atoms with van der Waals surface area (Å²) in [6.45, 7) is 6.56. The van der Waals surface area contributed by atoms with E-state index in [-0.39, 0.29) is 41.0 Å². The first-order chi connectivity index (χ1) is 18.0. The van der Waals surface area contributed by atoms with Crippen molar-refractivity contribution < 1.29 is 22.8 Å². The largest absolute Gasteiger partial charge is 0.416 e. The molecule has 1 saturated carbocycles. The van der Waals surface area contributed by atoms with E-state index in [4.69, 9.17) is 0 Å². The van der Waals surface area contributed by atoms with Crippen LogP contribution in [0.25, 0.3) is 0 Å². The van der Waals surface area contributed by atoms with Gasteiger partial charge in [-0.2, -0.15) is 13.2 Å². The number of hydrogen-bond acceptors (Lipinski definition) is 6. The quantitative estimate of drug-likeness (QED) is 0.486. The lowest BCUT2D eigenvalue weighted by molar-refractivity contribution is -0.145. The van der Waals surface area contributed by atoms with Gasteiger partial charge in [-0.15, -0.1) is 16.4 Å². The van der Waals surface area contributed by atoms with Crippen LogP contribution in [0.5, 0.6) is 0 Å². The molecule has 2 aliphatic heterocycles. The first-order valence-electron chi connectivity index (χ1n) is 12.5. The molecule has 2 aromatic heterocycles. The summed E-state index contributed by atoms with van der Waals surface area (Å²) in [5.74, 6) is 0.0356. The Balaban J connectivity index is 1.21. The highest BCUT2D eigenvalue weighted by Gasteiger charge is 2.61. The number of nitrogens with zero attached hydrogens (tertiary/aromatic N) is 6. The standard InChI is InChI=1S/C26H27F3N6O2S/c1-24(2)7-18(24)22(36)34-13-25(14-34)12-33(23(37)21-8-30-15-38-21)10-19(25)20-11-35(32-31-20)9-16-3-5-17(6-4-16)26(27,28)29/h3-6,8,11,15,18-19H,7,9-10,12-14H2,1-2H3/t18-,19?/m1/s1. The molecule has 2 atom stereocenters. The molecule has 3 fully saturated rings. The average Bonchev–Trinajstić information content (AvgIpc) is 3.35. The van der Waals surface area contributed by atoms with Crippen LogP contribution in [0.1, 0.15) is 52.7 Å². The number of benzene rings is 1. The van der Waals surface area contributed by atoms with Crippen LogP contribution in [0.15, 0.2) is 42.2 Å². The lowest BCUT2D eigenvalue weighted by Gasteiger charge is -2.50. The molecule has 2 amide bonds. The summed E-state index contributed by atoms with van der Waals surface area (Å²) in [6.07, 6.45) is -0.114. The van der Waals surface area contributed by atoms with Gasteiger partial charge in [-0.3, -0.25) is 14.6 Å². The van der Waals surface area contributed by atoms with Crippen molar-refractivity contribution in [1.29, 1.82) is 0 Å². The number of alkyl halides is 3. The fourth-order valence-corrected chi connectivity index (χ4v) is 6.43. The molecule has 4 heterocycles. The van der Waals surface area contributed by atoms with Gasteiger partial charge in [0.1, 0.15) is 4.88 Å². The zero-order chi connectivity index (χ0) is 26.9. The van der Waals surface area contributed by atoms with Crippen LogP contribution in [-0.2, 0) is 17.5 Å². The lowest BCUT2D eigenvalue weighted by Crippen LogP contribution is -2.62. The minimum Gasteiger partial charge on any atom is -0.341 e. The van der Waals surface area contributed by atoms with Crippen molar-refractivity contribution in [3.63, 3.8) is 0 Å². The number of aromatic nitrogens is 4. The van der Waals surface area contributed by atoms with Gasteiger partial charge in [-0.25, -0.2) is 4.68 Å². The molecule has 1 spiro atoms.